The SMILES string of the molecule is Bc1ccc(O)c(COCCCl)c1. The van der Waals surface area contributed by atoms with Crippen LogP contribution in [0.3, 0.4) is 0 Å². The van der Waals surface area contributed by atoms with Crippen molar-refractivity contribution in [2.75, 3.05) is 12.5 Å². The minimum Gasteiger partial charge on any atom is -0.508 e. The van der Waals surface area contributed by atoms with Crippen LogP contribution in [0.15, 0.2) is 18.2 Å². The van der Waals surface area contributed by atoms with Crippen LogP contribution in [0.25, 0.3) is 0 Å². The molecular formula is C9H12BClO2. The topological polar surface area (TPSA) is 29.5 Å². The standard InChI is InChI=1S/C9H12BClO2/c10-8-1-2-9(12)7(5-8)6-13-4-3-11/h1-2,5,12H,3-4,6,10H2. The summed E-state index contributed by atoms with van der Waals surface area (Å²) in [7, 11) is 1.98. The summed E-state index contributed by atoms with van der Waals surface area (Å²) < 4.78 is 5.21. The molecule has 0 bridgehead atoms. The third-order valence-electron chi connectivity index (χ3n) is 1.71. The van der Waals surface area contributed by atoms with Crippen LogP contribution in [-0.2, 0) is 11.3 Å². The Morgan fingerprint density at radius 1 is 1.46 bits per heavy atom. The van der Waals surface area contributed by atoms with Gasteiger partial charge in [0.2, 0.25) is 0 Å². The average Bonchev–Trinajstić information content (AvgIpc) is 2.11. The Balaban J connectivity index is 2.59. The fourth-order valence-corrected chi connectivity index (χ4v) is 1.18. The van der Waals surface area contributed by atoms with E-state index in [0.29, 0.717) is 19.1 Å². The van der Waals surface area contributed by atoms with Crippen molar-refractivity contribution in [3.63, 3.8) is 0 Å². The maximum atomic E-state index is 9.42. The maximum Gasteiger partial charge on any atom is 0.139 e. The van der Waals surface area contributed by atoms with Crippen LogP contribution in [0, 0.1) is 0 Å². The number of phenols is 1. The molecular weight excluding hydrogens is 186 g/mol. The van der Waals surface area contributed by atoms with E-state index in [1.165, 1.54) is 0 Å². The Kier molecular flexibility index (Phi) is 4.13. The van der Waals surface area contributed by atoms with Crippen molar-refractivity contribution in [2.45, 2.75) is 6.61 Å². The molecule has 0 atom stereocenters. The minimum atomic E-state index is 0.278. The van der Waals surface area contributed by atoms with Gasteiger partial charge in [-0.15, -0.1) is 11.6 Å². The summed E-state index contributed by atoms with van der Waals surface area (Å²) in [5, 5.41) is 9.42. The first-order valence-electron chi connectivity index (χ1n) is 4.16. The van der Waals surface area contributed by atoms with Gasteiger partial charge in [0.1, 0.15) is 13.6 Å². The summed E-state index contributed by atoms with van der Waals surface area (Å²) in [4.78, 5) is 0. The molecule has 13 heavy (non-hydrogen) atoms. The third kappa shape index (κ3) is 3.29. The van der Waals surface area contributed by atoms with E-state index in [1.54, 1.807) is 6.07 Å². The van der Waals surface area contributed by atoms with Gasteiger partial charge in [-0.05, 0) is 6.07 Å². The summed E-state index contributed by atoms with van der Waals surface area (Å²) >= 11 is 5.45. The monoisotopic (exact) mass is 198 g/mol. The minimum absolute atomic E-state index is 0.278. The number of aromatic hydroxyl groups is 1. The first-order valence-corrected chi connectivity index (χ1v) is 4.69. The zero-order chi connectivity index (χ0) is 9.68. The van der Waals surface area contributed by atoms with E-state index in [0.717, 1.165) is 11.0 Å². The van der Waals surface area contributed by atoms with Crippen molar-refractivity contribution < 1.29 is 9.84 Å². The van der Waals surface area contributed by atoms with Crippen molar-refractivity contribution in [3.05, 3.63) is 23.8 Å². The fraction of sp³-hybridized carbons (Fsp3) is 0.333. The van der Waals surface area contributed by atoms with Crippen LogP contribution < -0.4 is 5.46 Å². The van der Waals surface area contributed by atoms with Crippen LogP contribution in [0.1, 0.15) is 5.56 Å². The van der Waals surface area contributed by atoms with Gasteiger partial charge in [0.15, 0.2) is 0 Å². The van der Waals surface area contributed by atoms with E-state index < -0.39 is 0 Å². The van der Waals surface area contributed by atoms with Crippen LogP contribution in [0.2, 0.25) is 0 Å². The number of benzene rings is 1. The lowest BCUT2D eigenvalue weighted by molar-refractivity contribution is 0.134. The second-order valence-electron chi connectivity index (χ2n) is 2.87. The molecule has 0 amide bonds. The van der Waals surface area contributed by atoms with E-state index >= 15 is 0 Å². The first kappa shape index (κ1) is 10.4. The summed E-state index contributed by atoms with van der Waals surface area (Å²) in [6, 6.07) is 5.44. The van der Waals surface area contributed by atoms with Gasteiger partial charge in [-0.1, -0.05) is 17.6 Å². The van der Waals surface area contributed by atoms with Crippen molar-refractivity contribution >= 4 is 24.9 Å². The zero-order valence-electron chi connectivity index (χ0n) is 7.59. The molecule has 1 rings (SSSR count). The maximum absolute atomic E-state index is 9.42. The lowest BCUT2D eigenvalue weighted by Crippen LogP contribution is -2.04. The second-order valence-corrected chi connectivity index (χ2v) is 3.25. The molecule has 0 spiro atoms. The van der Waals surface area contributed by atoms with E-state index in [4.69, 9.17) is 16.3 Å². The van der Waals surface area contributed by atoms with Crippen molar-refractivity contribution in [1.29, 1.82) is 0 Å². The lowest BCUT2D eigenvalue weighted by atomic mass is 9.94. The molecule has 0 aliphatic heterocycles. The van der Waals surface area contributed by atoms with Gasteiger partial charge in [-0.25, -0.2) is 0 Å². The Hall–Kier alpha value is -0.665. The molecule has 1 N–H and O–H groups in total. The Bertz CT molecular complexity index is 278. The summed E-state index contributed by atoms with van der Waals surface area (Å²) in [5.74, 6) is 0.757. The molecule has 0 fully saturated rings. The number of phenolic OH excluding ortho intramolecular Hbond substituents is 1. The molecule has 0 heterocycles. The predicted molar refractivity (Wildman–Crippen MR) is 56.7 cm³/mol. The summed E-state index contributed by atoms with van der Waals surface area (Å²) in [6.07, 6.45) is 0. The van der Waals surface area contributed by atoms with Crippen molar-refractivity contribution in [1.82, 2.24) is 0 Å². The molecule has 4 heteroatoms. The van der Waals surface area contributed by atoms with Gasteiger partial charge in [0.25, 0.3) is 0 Å². The lowest BCUT2D eigenvalue weighted by Gasteiger charge is -2.05. The molecule has 0 saturated carbocycles. The highest BCUT2D eigenvalue weighted by Crippen LogP contribution is 2.14. The van der Waals surface area contributed by atoms with Gasteiger partial charge < -0.3 is 9.84 Å². The number of hydrogen-bond acceptors (Lipinski definition) is 2. The van der Waals surface area contributed by atoms with Gasteiger partial charge in [0.05, 0.1) is 13.2 Å². The van der Waals surface area contributed by atoms with E-state index in [2.05, 4.69) is 0 Å². The number of ether oxygens (including phenoxy) is 1. The Labute approximate surface area is 83.9 Å². The summed E-state index contributed by atoms with van der Waals surface area (Å²) in [6.45, 7) is 0.926. The molecule has 0 saturated heterocycles. The number of rotatable bonds is 4. The summed E-state index contributed by atoms with van der Waals surface area (Å²) in [5.41, 5.74) is 1.92. The van der Waals surface area contributed by atoms with Gasteiger partial charge in [0, 0.05) is 11.4 Å². The van der Waals surface area contributed by atoms with Crippen LogP contribution in [0.5, 0.6) is 5.75 Å². The second kappa shape index (κ2) is 5.15. The molecule has 0 unspecified atom stereocenters. The van der Waals surface area contributed by atoms with E-state index in [-0.39, 0.29) is 5.75 Å². The number of alkyl halides is 1. The van der Waals surface area contributed by atoms with Gasteiger partial charge in [-0.2, -0.15) is 0 Å². The first-order chi connectivity index (χ1) is 6.24. The molecule has 0 radical (unpaired) electrons. The van der Waals surface area contributed by atoms with Crippen LogP contribution >= 0.6 is 11.6 Å². The number of halogens is 1. The molecule has 0 aromatic heterocycles. The fourth-order valence-electron chi connectivity index (χ4n) is 1.07. The van der Waals surface area contributed by atoms with Crippen LogP contribution in [0.4, 0.5) is 0 Å². The number of hydrogen-bond donors (Lipinski definition) is 1. The highest BCUT2D eigenvalue weighted by molar-refractivity contribution is 6.32. The third-order valence-corrected chi connectivity index (χ3v) is 1.87. The van der Waals surface area contributed by atoms with Crippen LogP contribution in [-0.4, -0.2) is 25.4 Å². The normalized spacial score (nSPS) is 10.2. The highest BCUT2D eigenvalue weighted by Gasteiger charge is 2.00. The van der Waals surface area contributed by atoms with Gasteiger partial charge in [-0.3, -0.25) is 0 Å². The smallest absolute Gasteiger partial charge is 0.139 e. The highest BCUT2D eigenvalue weighted by atomic mass is 35.5. The predicted octanol–water partition coefficient (Wildman–Crippen LogP) is 0.406. The largest absolute Gasteiger partial charge is 0.508 e. The quantitative estimate of drug-likeness (QED) is 0.431. The van der Waals surface area contributed by atoms with E-state index in [9.17, 15) is 5.11 Å². The van der Waals surface area contributed by atoms with Crippen molar-refractivity contribution in [2.24, 2.45) is 0 Å². The molecule has 70 valence electrons. The van der Waals surface area contributed by atoms with E-state index in [1.807, 2.05) is 20.0 Å². The molecule has 2 nitrogen and oxygen atoms in total. The average molecular weight is 198 g/mol. The molecule has 0 aliphatic carbocycles. The Morgan fingerprint density at radius 3 is 2.92 bits per heavy atom. The van der Waals surface area contributed by atoms with Gasteiger partial charge >= 0.3 is 0 Å². The molecule has 0 aliphatic rings. The molecule has 1 aromatic carbocycles. The Morgan fingerprint density at radius 2 is 2.23 bits per heavy atom. The van der Waals surface area contributed by atoms with Crippen molar-refractivity contribution in [3.8, 4) is 5.75 Å². The molecule has 1 aromatic rings. The zero-order valence-corrected chi connectivity index (χ0v) is 8.34.